The number of hydrogen-bond donors (Lipinski definition) is 1. The summed E-state index contributed by atoms with van der Waals surface area (Å²) in [5.41, 5.74) is 3.11. The highest BCUT2D eigenvalue weighted by molar-refractivity contribution is 7.99. The Hall–Kier alpha value is -4.24. The Kier molecular flexibility index (Phi) is 6.90. The largest absolute Gasteiger partial charge is 0.409 e. The summed E-state index contributed by atoms with van der Waals surface area (Å²) in [4.78, 5) is 25.4. The van der Waals surface area contributed by atoms with E-state index in [4.69, 9.17) is 4.42 Å². The molecule has 3 aromatic carbocycles. The number of anilines is 1. The minimum absolute atomic E-state index is 0.110. The number of carbonyl (C=O) groups excluding carboxylic acids is 1. The van der Waals surface area contributed by atoms with E-state index in [0.717, 1.165) is 29.4 Å². The van der Waals surface area contributed by atoms with Crippen molar-refractivity contribution >= 4 is 34.1 Å². The van der Waals surface area contributed by atoms with Crippen LogP contribution in [0.15, 0.2) is 93.3 Å². The van der Waals surface area contributed by atoms with Crippen molar-refractivity contribution in [1.82, 2.24) is 20.0 Å². The lowest BCUT2D eigenvalue weighted by molar-refractivity contribution is -0.113. The molecule has 0 unspecified atom stereocenters. The third-order valence-corrected chi connectivity index (χ3v) is 6.44. The zero-order valence-electron chi connectivity index (χ0n) is 19.5. The minimum Gasteiger partial charge on any atom is -0.409 e. The zero-order valence-corrected chi connectivity index (χ0v) is 20.4. The van der Waals surface area contributed by atoms with Crippen molar-refractivity contribution in [2.45, 2.75) is 25.1 Å². The molecule has 0 aliphatic rings. The number of rotatable bonds is 8. The fraction of sp³-hybridized carbons (Fsp3) is 0.148. The molecule has 2 heterocycles. The van der Waals surface area contributed by atoms with Crippen LogP contribution in [0, 0.1) is 0 Å². The van der Waals surface area contributed by atoms with Gasteiger partial charge in [0.15, 0.2) is 5.69 Å². The molecule has 0 saturated carbocycles. The fourth-order valence-corrected chi connectivity index (χ4v) is 4.33. The average Bonchev–Trinajstić information content (AvgIpc) is 3.39. The van der Waals surface area contributed by atoms with Gasteiger partial charge in [0, 0.05) is 11.1 Å². The number of benzene rings is 3. The van der Waals surface area contributed by atoms with Crippen molar-refractivity contribution in [3.63, 3.8) is 0 Å². The second kappa shape index (κ2) is 10.6. The molecule has 5 aromatic rings. The molecule has 1 amide bonds. The normalized spacial score (nSPS) is 11.0. The first-order valence-corrected chi connectivity index (χ1v) is 12.5. The lowest BCUT2D eigenvalue weighted by atomic mass is 10.1. The molecule has 0 bridgehead atoms. The Morgan fingerprint density at radius 2 is 1.64 bits per heavy atom. The first-order chi connectivity index (χ1) is 17.6. The van der Waals surface area contributed by atoms with Gasteiger partial charge in [0.2, 0.25) is 5.91 Å². The second-order valence-corrected chi connectivity index (χ2v) is 9.03. The van der Waals surface area contributed by atoms with Gasteiger partial charge in [0.25, 0.3) is 16.7 Å². The Bertz CT molecular complexity index is 1560. The van der Waals surface area contributed by atoms with Crippen molar-refractivity contribution in [2.75, 3.05) is 11.1 Å². The number of thioether (sulfide) groups is 1. The van der Waals surface area contributed by atoms with Crippen LogP contribution in [0.1, 0.15) is 18.1 Å². The standard InChI is InChI=1S/C27H23N5O3S/c1-2-18-12-14-20(15-13-18)28-23(33)17-36-27-30-29-25(35-27)24-21-10-6-7-11-22(21)26(34)32(31-24)16-19-8-4-3-5-9-19/h3-15H,2,16-17H2,1H3,(H,28,33). The van der Waals surface area contributed by atoms with Crippen molar-refractivity contribution in [3.05, 3.63) is 100 Å². The minimum atomic E-state index is -0.198. The number of amides is 1. The number of aryl methyl sites for hydroxylation is 1. The van der Waals surface area contributed by atoms with E-state index in [1.165, 1.54) is 10.2 Å². The second-order valence-electron chi connectivity index (χ2n) is 8.10. The summed E-state index contributed by atoms with van der Waals surface area (Å²) < 4.78 is 7.24. The number of hydrogen-bond acceptors (Lipinski definition) is 7. The van der Waals surface area contributed by atoms with Gasteiger partial charge in [0.1, 0.15) is 0 Å². The van der Waals surface area contributed by atoms with E-state index in [1.807, 2.05) is 66.7 Å². The highest BCUT2D eigenvalue weighted by Crippen LogP contribution is 2.27. The van der Waals surface area contributed by atoms with Crippen molar-refractivity contribution in [1.29, 1.82) is 0 Å². The van der Waals surface area contributed by atoms with Crippen LogP contribution in [0.3, 0.4) is 0 Å². The summed E-state index contributed by atoms with van der Waals surface area (Å²) in [6, 6.07) is 24.6. The van der Waals surface area contributed by atoms with Gasteiger partial charge in [0.05, 0.1) is 17.7 Å². The van der Waals surface area contributed by atoms with Crippen molar-refractivity contribution in [3.8, 4) is 11.6 Å². The van der Waals surface area contributed by atoms with E-state index in [9.17, 15) is 9.59 Å². The van der Waals surface area contributed by atoms with Gasteiger partial charge in [-0.2, -0.15) is 5.10 Å². The highest BCUT2D eigenvalue weighted by Gasteiger charge is 2.18. The topological polar surface area (TPSA) is 103 Å². The highest BCUT2D eigenvalue weighted by atomic mass is 32.2. The molecule has 9 heteroatoms. The van der Waals surface area contributed by atoms with Gasteiger partial charge in [-0.05, 0) is 35.7 Å². The van der Waals surface area contributed by atoms with E-state index in [1.54, 1.807) is 12.1 Å². The van der Waals surface area contributed by atoms with Gasteiger partial charge in [-0.25, -0.2) is 4.68 Å². The molecular weight excluding hydrogens is 474 g/mol. The predicted molar refractivity (Wildman–Crippen MR) is 140 cm³/mol. The third-order valence-electron chi connectivity index (χ3n) is 5.62. The molecule has 0 spiro atoms. The quantitative estimate of drug-likeness (QED) is 0.308. The Morgan fingerprint density at radius 1 is 0.917 bits per heavy atom. The van der Waals surface area contributed by atoms with Crippen LogP contribution in [0.4, 0.5) is 5.69 Å². The summed E-state index contributed by atoms with van der Waals surface area (Å²) >= 11 is 1.14. The van der Waals surface area contributed by atoms with Crippen LogP contribution >= 0.6 is 11.8 Å². The molecule has 8 nitrogen and oxygen atoms in total. The van der Waals surface area contributed by atoms with Gasteiger partial charge in [-0.15, -0.1) is 10.2 Å². The van der Waals surface area contributed by atoms with Crippen LogP contribution in [-0.4, -0.2) is 31.6 Å². The number of aromatic nitrogens is 4. The van der Waals surface area contributed by atoms with E-state index in [2.05, 4.69) is 27.5 Å². The maximum absolute atomic E-state index is 13.1. The van der Waals surface area contributed by atoms with Gasteiger partial charge >= 0.3 is 0 Å². The fourth-order valence-electron chi connectivity index (χ4n) is 3.77. The Morgan fingerprint density at radius 3 is 2.39 bits per heavy atom. The molecule has 0 aliphatic carbocycles. The number of nitrogens with one attached hydrogen (secondary N) is 1. The first kappa shape index (κ1) is 23.5. The summed E-state index contributed by atoms with van der Waals surface area (Å²) in [5, 5.41) is 17.0. The molecule has 0 atom stereocenters. The SMILES string of the molecule is CCc1ccc(NC(=O)CSc2nnc(-c3nn(Cc4ccccc4)c(=O)c4ccccc34)o2)cc1. The van der Waals surface area contributed by atoms with E-state index in [-0.39, 0.29) is 28.3 Å². The van der Waals surface area contributed by atoms with Crippen LogP contribution in [0.5, 0.6) is 0 Å². The van der Waals surface area contributed by atoms with Crippen molar-refractivity contribution in [2.24, 2.45) is 0 Å². The summed E-state index contributed by atoms with van der Waals surface area (Å²) in [7, 11) is 0. The molecule has 0 aliphatic heterocycles. The van der Waals surface area contributed by atoms with E-state index >= 15 is 0 Å². The molecule has 36 heavy (non-hydrogen) atoms. The Balaban J connectivity index is 1.35. The molecule has 0 radical (unpaired) electrons. The van der Waals surface area contributed by atoms with E-state index < -0.39 is 0 Å². The summed E-state index contributed by atoms with van der Waals surface area (Å²) in [6.07, 6.45) is 0.942. The van der Waals surface area contributed by atoms with Crippen LogP contribution in [0.25, 0.3) is 22.4 Å². The average molecular weight is 498 g/mol. The van der Waals surface area contributed by atoms with Gasteiger partial charge in [-0.3, -0.25) is 9.59 Å². The lowest BCUT2D eigenvalue weighted by Crippen LogP contribution is -2.24. The summed E-state index contributed by atoms with van der Waals surface area (Å²) in [5.74, 6) is 0.119. The maximum Gasteiger partial charge on any atom is 0.277 e. The van der Waals surface area contributed by atoms with Crippen LogP contribution in [-0.2, 0) is 17.8 Å². The zero-order chi connectivity index (χ0) is 24.9. The molecule has 180 valence electrons. The predicted octanol–water partition coefficient (Wildman–Crippen LogP) is 4.79. The van der Waals surface area contributed by atoms with Gasteiger partial charge < -0.3 is 9.73 Å². The lowest BCUT2D eigenvalue weighted by Gasteiger charge is -2.09. The number of fused-ring (bicyclic) bond motifs is 1. The monoisotopic (exact) mass is 497 g/mol. The molecule has 0 fully saturated rings. The van der Waals surface area contributed by atoms with Gasteiger partial charge in [-0.1, -0.05) is 79.3 Å². The van der Waals surface area contributed by atoms with Crippen molar-refractivity contribution < 1.29 is 9.21 Å². The summed E-state index contributed by atoms with van der Waals surface area (Å²) in [6.45, 7) is 2.39. The van der Waals surface area contributed by atoms with Crippen LogP contribution in [0.2, 0.25) is 0 Å². The molecule has 2 aromatic heterocycles. The maximum atomic E-state index is 13.1. The first-order valence-electron chi connectivity index (χ1n) is 11.5. The number of nitrogens with zero attached hydrogens (tertiary/aromatic N) is 4. The smallest absolute Gasteiger partial charge is 0.277 e. The number of carbonyl (C=O) groups is 1. The third kappa shape index (κ3) is 5.21. The molecule has 1 N–H and O–H groups in total. The molecule has 5 rings (SSSR count). The van der Waals surface area contributed by atoms with Crippen LogP contribution < -0.4 is 10.9 Å². The Labute approximate surface area is 211 Å². The van der Waals surface area contributed by atoms with E-state index in [0.29, 0.717) is 23.0 Å². The molecule has 0 saturated heterocycles. The molecular formula is C27H23N5O3S.